The quantitative estimate of drug-likeness (QED) is 0.623. The predicted octanol–water partition coefficient (Wildman–Crippen LogP) is 2.42. The third-order valence-electron chi connectivity index (χ3n) is 2.80. The zero-order valence-electron chi connectivity index (χ0n) is 11.3. The number of nitrogens with zero attached hydrogens (tertiary/aromatic N) is 1. The summed E-state index contributed by atoms with van der Waals surface area (Å²) in [4.78, 5) is 4.27. The monoisotopic (exact) mass is 251 g/mol. The van der Waals surface area contributed by atoms with Gasteiger partial charge in [-0.3, -0.25) is 4.99 Å². The maximum atomic E-state index is 13.7. The van der Waals surface area contributed by atoms with E-state index in [9.17, 15) is 4.39 Å². The molecule has 3 nitrogen and oxygen atoms in total. The van der Waals surface area contributed by atoms with Gasteiger partial charge in [0.15, 0.2) is 5.96 Å². The Morgan fingerprint density at radius 2 is 2.06 bits per heavy atom. The molecule has 0 heterocycles. The molecule has 0 bridgehead atoms. The molecule has 18 heavy (non-hydrogen) atoms. The fraction of sp³-hybridized carbons (Fsp3) is 0.500. The molecule has 0 saturated heterocycles. The second-order valence-electron chi connectivity index (χ2n) is 4.99. The lowest BCUT2D eigenvalue weighted by Gasteiger charge is -2.23. The van der Waals surface area contributed by atoms with E-state index in [2.05, 4.69) is 17.2 Å². The van der Waals surface area contributed by atoms with Gasteiger partial charge in [0, 0.05) is 12.0 Å². The second-order valence-corrected chi connectivity index (χ2v) is 4.99. The van der Waals surface area contributed by atoms with Crippen molar-refractivity contribution in [2.45, 2.75) is 32.6 Å². The molecule has 0 atom stereocenters. The van der Waals surface area contributed by atoms with Crippen LogP contribution in [0.4, 0.5) is 4.39 Å². The number of nitrogens with one attached hydrogen (secondary N) is 1. The highest BCUT2D eigenvalue weighted by Crippen LogP contribution is 2.25. The summed E-state index contributed by atoms with van der Waals surface area (Å²) in [6.07, 6.45) is 0.993. The zero-order valence-corrected chi connectivity index (χ0v) is 11.3. The average Bonchev–Trinajstić information content (AvgIpc) is 2.34. The van der Waals surface area contributed by atoms with E-state index >= 15 is 0 Å². The number of halogens is 1. The molecular formula is C14H22FN3. The van der Waals surface area contributed by atoms with Crippen LogP contribution in [0.2, 0.25) is 0 Å². The molecule has 0 amide bonds. The van der Waals surface area contributed by atoms with Crippen LogP contribution >= 0.6 is 0 Å². The highest BCUT2D eigenvalue weighted by molar-refractivity contribution is 5.77. The van der Waals surface area contributed by atoms with Crippen molar-refractivity contribution in [3.05, 3.63) is 35.6 Å². The van der Waals surface area contributed by atoms with Gasteiger partial charge in [-0.15, -0.1) is 0 Å². The number of benzene rings is 1. The van der Waals surface area contributed by atoms with Crippen LogP contribution in [0, 0.1) is 5.82 Å². The standard InChI is InChI=1S/C14H22FN3/c1-4-9-17-13(16)18-10-14(2,3)11-7-5-6-8-12(11)15/h5-8H,4,9-10H2,1-3H3,(H3,16,17,18). The van der Waals surface area contributed by atoms with Crippen LogP contribution < -0.4 is 11.1 Å². The molecule has 1 aromatic carbocycles. The summed E-state index contributed by atoms with van der Waals surface area (Å²) in [5, 5.41) is 3.00. The summed E-state index contributed by atoms with van der Waals surface area (Å²) in [6, 6.07) is 6.79. The Morgan fingerprint density at radius 3 is 2.67 bits per heavy atom. The Morgan fingerprint density at radius 1 is 1.39 bits per heavy atom. The Balaban J connectivity index is 2.73. The Kier molecular flexibility index (Phi) is 5.13. The summed E-state index contributed by atoms with van der Waals surface area (Å²) >= 11 is 0. The van der Waals surface area contributed by atoms with Gasteiger partial charge in [0.05, 0.1) is 6.54 Å². The number of nitrogens with two attached hydrogens (primary N) is 1. The molecule has 0 aromatic heterocycles. The van der Waals surface area contributed by atoms with E-state index in [4.69, 9.17) is 5.73 Å². The summed E-state index contributed by atoms with van der Waals surface area (Å²) in [7, 11) is 0. The molecule has 4 heteroatoms. The van der Waals surface area contributed by atoms with Crippen molar-refractivity contribution in [2.75, 3.05) is 13.1 Å². The van der Waals surface area contributed by atoms with Gasteiger partial charge >= 0.3 is 0 Å². The van der Waals surface area contributed by atoms with E-state index in [0.29, 0.717) is 18.1 Å². The van der Waals surface area contributed by atoms with E-state index < -0.39 is 0 Å². The first-order valence-electron chi connectivity index (χ1n) is 6.26. The summed E-state index contributed by atoms with van der Waals surface area (Å²) in [6.45, 7) is 7.24. The van der Waals surface area contributed by atoms with E-state index in [1.54, 1.807) is 12.1 Å². The third-order valence-corrected chi connectivity index (χ3v) is 2.80. The van der Waals surface area contributed by atoms with Crippen LogP contribution in [0.5, 0.6) is 0 Å². The van der Waals surface area contributed by atoms with E-state index in [1.807, 2.05) is 19.9 Å². The van der Waals surface area contributed by atoms with Gasteiger partial charge in [0.1, 0.15) is 5.82 Å². The second kappa shape index (κ2) is 6.38. The lowest BCUT2D eigenvalue weighted by atomic mass is 9.84. The zero-order chi connectivity index (χ0) is 13.6. The number of hydrogen-bond acceptors (Lipinski definition) is 1. The molecule has 0 fully saturated rings. The maximum absolute atomic E-state index is 13.7. The van der Waals surface area contributed by atoms with Gasteiger partial charge in [-0.25, -0.2) is 4.39 Å². The largest absolute Gasteiger partial charge is 0.370 e. The van der Waals surface area contributed by atoms with E-state index in [0.717, 1.165) is 13.0 Å². The lowest BCUT2D eigenvalue weighted by molar-refractivity contribution is 0.493. The van der Waals surface area contributed by atoms with Crippen molar-refractivity contribution in [1.29, 1.82) is 0 Å². The van der Waals surface area contributed by atoms with Crippen molar-refractivity contribution in [3.8, 4) is 0 Å². The third kappa shape index (κ3) is 4.02. The first-order valence-corrected chi connectivity index (χ1v) is 6.26. The predicted molar refractivity (Wildman–Crippen MR) is 74.2 cm³/mol. The van der Waals surface area contributed by atoms with Crippen molar-refractivity contribution in [1.82, 2.24) is 5.32 Å². The highest BCUT2D eigenvalue weighted by atomic mass is 19.1. The lowest BCUT2D eigenvalue weighted by Crippen LogP contribution is -2.34. The van der Waals surface area contributed by atoms with Crippen LogP contribution in [-0.4, -0.2) is 19.0 Å². The van der Waals surface area contributed by atoms with Crippen LogP contribution in [0.3, 0.4) is 0 Å². The van der Waals surface area contributed by atoms with Crippen LogP contribution in [0.15, 0.2) is 29.3 Å². The van der Waals surface area contributed by atoms with Crippen molar-refractivity contribution < 1.29 is 4.39 Å². The Bertz CT molecular complexity index is 413. The molecule has 0 unspecified atom stereocenters. The molecular weight excluding hydrogens is 229 g/mol. The number of rotatable bonds is 5. The Labute approximate surface area is 108 Å². The number of aliphatic imine (C=N–C) groups is 1. The highest BCUT2D eigenvalue weighted by Gasteiger charge is 2.23. The topological polar surface area (TPSA) is 50.4 Å². The molecule has 1 aromatic rings. The van der Waals surface area contributed by atoms with Crippen molar-refractivity contribution >= 4 is 5.96 Å². The maximum Gasteiger partial charge on any atom is 0.188 e. The summed E-state index contributed by atoms with van der Waals surface area (Å²) in [5.74, 6) is 0.221. The van der Waals surface area contributed by atoms with Gasteiger partial charge in [-0.05, 0) is 18.1 Å². The normalized spacial score (nSPS) is 12.6. The van der Waals surface area contributed by atoms with Crippen LogP contribution in [0.25, 0.3) is 0 Å². The van der Waals surface area contributed by atoms with Gasteiger partial charge in [0.2, 0.25) is 0 Å². The summed E-state index contributed by atoms with van der Waals surface area (Å²) in [5.41, 5.74) is 6.02. The molecule has 0 aliphatic carbocycles. The van der Waals surface area contributed by atoms with Gasteiger partial charge in [-0.1, -0.05) is 39.0 Å². The number of hydrogen-bond donors (Lipinski definition) is 2. The fourth-order valence-electron chi connectivity index (χ4n) is 1.69. The molecule has 3 N–H and O–H groups in total. The smallest absolute Gasteiger partial charge is 0.188 e. The minimum atomic E-state index is -0.371. The van der Waals surface area contributed by atoms with Gasteiger partial charge in [-0.2, -0.15) is 0 Å². The van der Waals surface area contributed by atoms with Crippen LogP contribution in [0.1, 0.15) is 32.8 Å². The van der Waals surface area contributed by atoms with Crippen LogP contribution in [-0.2, 0) is 5.41 Å². The Hall–Kier alpha value is -1.58. The minimum absolute atomic E-state index is 0.196. The van der Waals surface area contributed by atoms with Crippen molar-refractivity contribution in [3.63, 3.8) is 0 Å². The first kappa shape index (κ1) is 14.5. The minimum Gasteiger partial charge on any atom is -0.370 e. The average molecular weight is 251 g/mol. The molecule has 0 spiro atoms. The van der Waals surface area contributed by atoms with E-state index in [1.165, 1.54) is 6.07 Å². The number of guanidine groups is 1. The van der Waals surface area contributed by atoms with E-state index in [-0.39, 0.29) is 11.2 Å². The summed E-state index contributed by atoms with van der Waals surface area (Å²) < 4.78 is 13.7. The molecule has 0 aliphatic rings. The molecule has 1 rings (SSSR count). The SMILES string of the molecule is CCCNC(N)=NCC(C)(C)c1ccccc1F. The van der Waals surface area contributed by atoms with Gasteiger partial charge in [0.25, 0.3) is 0 Å². The van der Waals surface area contributed by atoms with Crippen molar-refractivity contribution in [2.24, 2.45) is 10.7 Å². The molecule has 0 saturated carbocycles. The van der Waals surface area contributed by atoms with Gasteiger partial charge < -0.3 is 11.1 Å². The molecule has 100 valence electrons. The first-order chi connectivity index (χ1) is 8.47. The fourth-order valence-corrected chi connectivity index (χ4v) is 1.69. The molecule has 0 aliphatic heterocycles. The molecule has 0 radical (unpaired) electrons.